The summed E-state index contributed by atoms with van der Waals surface area (Å²) in [6.07, 6.45) is 4.34. The van der Waals surface area contributed by atoms with E-state index in [1.807, 2.05) is 0 Å². The summed E-state index contributed by atoms with van der Waals surface area (Å²) in [5, 5.41) is 12.7. The van der Waals surface area contributed by atoms with Crippen molar-refractivity contribution >= 4 is 5.97 Å². The van der Waals surface area contributed by atoms with Crippen LogP contribution in [0.2, 0.25) is 0 Å². The quantitative estimate of drug-likeness (QED) is 0.719. The molecule has 1 fully saturated rings. The van der Waals surface area contributed by atoms with Gasteiger partial charge >= 0.3 is 5.97 Å². The van der Waals surface area contributed by atoms with Crippen LogP contribution < -0.4 is 5.32 Å². The van der Waals surface area contributed by atoms with E-state index in [0.717, 1.165) is 13.1 Å². The molecule has 20 heavy (non-hydrogen) atoms. The smallest absolute Gasteiger partial charge is 0.320 e. The Kier molecular flexibility index (Phi) is 7.52. The topological polar surface area (TPSA) is 52.6 Å². The lowest BCUT2D eigenvalue weighted by Gasteiger charge is -2.37. The van der Waals surface area contributed by atoms with Gasteiger partial charge in [-0.15, -0.1) is 0 Å². The van der Waals surface area contributed by atoms with Gasteiger partial charge in [0.2, 0.25) is 0 Å². The molecule has 0 aliphatic carbocycles. The van der Waals surface area contributed by atoms with Crippen molar-refractivity contribution in [2.24, 2.45) is 11.8 Å². The fourth-order valence-electron chi connectivity index (χ4n) is 3.18. The summed E-state index contributed by atoms with van der Waals surface area (Å²) < 4.78 is 0. The third kappa shape index (κ3) is 5.80. The van der Waals surface area contributed by atoms with E-state index in [1.165, 1.54) is 25.8 Å². The Morgan fingerprint density at radius 3 is 2.65 bits per heavy atom. The van der Waals surface area contributed by atoms with Crippen LogP contribution in [0.1, 0.15) is 53.4 Å². The number of carboxylic acids is 1. The van der Waals surface area contributed by atoms with Gasteiger partial charge in [0.25, 0.3) is 0 Å². The molecular formula is C16H32N2O2. The highest BCUT2D eigenvalue weighted by atomic mass is 16.4. The van der Waals surface area contributed by atoms with E-state index in [4.69, 9.17) is 0 Å². The molecule has 1 aliphatic heterocycles. The molecule has 0 saturated carbocycles. The summed E-state index contributed by atoms with van der Waals surface area (Å²) in [7, 11) is 0. The van der Waals surface area contributed by atoms with Crippen LogP contribution in [0.5, 0.6) is 0 Å². The molecule has 0 radical (unpaired) electrons. The Labute approximate surface area is 123 Å². The van der Waals surface area contributed by atoms with Crippen LogP contribution in [-0.2, 0) is 4.79 Å². The summed E-state index contributed by atoms with van der Waals surface area (Å²) in [4.78, 5) is 13.9. The van der Waals surface area contributed by atoms with Crippen LogP contribution in [0.4, 0.5) is 0 Å². The van der Waals surface area contributed by atoms with Crippen LogP contribution in [0, 0.1) is 11.8 Å². The largest absolute Gasteiger partial charge is 0.480 e. The minimum Gasteiger partial charge on any atom is -0.480 e. The zero-order valence-electron chi connectivity index (χ0n) is 13.6. The predicted molar refractivity (Wildman–Crippen MR) is 82.9 cm³/mol. The number of piperidine rings is 1. The summed E-state index contributed by atoms with van der Waals surface area (Å²) in [6, 6.07) is -0.138. The highest BCUT2D eigenvalue weighted by Gasteiger charge is 2.28. The first-order chi connectivity index (χ1) is 9.43. The van der Waals surface area contributed by atoms with Gasteiger partial charge in [-0.3, -0.25) is 4.79 Å². The molecule has 0 aromatic heterocycles. The van der Waals surface area contributed by atoms with Crippen LogP contribution in [-0.4, -0.2) is 47.7 Å². The van der Waals surface area contributed by atoms with Crippen molar-refractivity contribution in [3.63, 3.8) is 0 Å². The van der Waals surface area contributed by atoms with E-state index in [1.54, 1.807) is 0 Å². The highest BCUT2D eigenvalue weighted by Crippen LogP contribution is 2.21. The average Bonchev–Trinajstić information content (AvgIpc) is 2.38. The standard InChI is InChI=1S/C16H32N2O2/c1-5-8-18-9-6-7-14(11-18)13(4)17-15(16(19)20)10-12(2)3/h12-15,17H,5-11H2,1-4H3,(H,19,20). The average molecular weight is 284 g/mol. The van der Waals surface area contributed by atoms with Crippen molar-refractivity contribution < 1.29 is 9.90 Å². The summed E-state index contributed by atoms with van der Waals surface area (Å²) >= 11 is 0. The van der Waals surface area contributed by atoms with Gasteiger partial charge in [0, 0.05) is 12.6 Å². The molecule has 3 atom stereocenters. The molecular weight excluding hydrogens is 252 g/mol. The first kappa shape index (κ1) is 17.4. The number of hydrogen-bond donors (Lipinski definition) is 2. The van der Waals surface area contributed by atoms with Gasteiger partial charge in [0.05, 0.1) is 0 Å². The molecule has 1 heterocycles. The van der Waals surface area contributed by atoms with E-state index < -0.39 is 12.0 Å². The number of hydrogen-bond acceptors (Lipinski definition) is 3. The van der Waals surface area contributed by atoms with Crippen molar-refractivity contribution in [1.29, 1.82) is 0 Å². The zero-order valence-corrected chi connectivity index (χ0v) is 13.6. The third-order valence-corrected chi connectivity index (χ3v) is 4.26. The molecule has 4 heteroatoms. The Morgan fingerprint density at radius 2 is 2.10 bits per heavy atom. The van der Waals surface area contributed by atoms with Gasteiger partial charge in [0.15, 0.2) is 0 Å². The van der Waals surface area contributed by atoms with E-state index in [-0.39, 0.29) is 6.04 Å². The van der Waals surface area contributed by atoms with Gasteiger partial charge in [-0.25, -0.2) is 0 Å². The molecule has 1 aliphatic rings. The lowest BCUT2D eigenvalue weighted by molar-refractivity contribution is -0.140. The van der Waals surface area contributed by atoms with E-state index in [9.17, 15) is 9.90 Å². The molecule has 3 unspecified atom stereocenters. The van der Waals surface area contributed by atoms with Crippen molar-refractivity contribution in [2.75, 3.05) is 19.6 Å². The molecule has 0 spiro atoms. The first-order valence-corrected chi connectivity index (χ1v) is 8.15. The molecule has 4 nitrogen and oxygen atoms in total. The fraction of sp³-hybridized carbons (Fsp3) is 0.938. The number of aliphatic carboxylic acids is 1. The van der Waals surface area contributed by atoms with Gasteiger partial charge in [-0.05, 0) is 57.5 Å². The molecule has 1 rings (SSSR count). The van der Waals surface area contributed by atoms with Gasteiger partial charge < -0.3 is 15.3 Å². The third-order valence-electron chi connectivity index (χ3n) is 4.26. The summed E-state index contributed by atoms with van der Waals surface area (Å²) in [6.45, 7) is 12.0. The van der Waals surface area contributed by atoms with Crippen molar-refractivity contribution in [3.8, 4) is 0 Å². The maximum absolute atomic E-state index is 11.3. The second-order valence-electron chi connectivity index (χ2n) is 6.68. The lowest BCUT2D eigenvalue weighted by atomic mass is 9.90. The first-order valence-electron chi connectivity index (χ1n) is 8.15. The van der Waals surface area contributed by atoms with Crippen molar-refractivity contribution in [1.82, 2.24) is 10.2 Å². The Bertz CT molecular complexity index is 292. The van der Waals surface area contributed by atoms with Gasteiger partial charge in [0.1, 0.15) is 6.04 Å². The van der Waals surface area contributed by atoms with Crippen LogP contribution in [0.15, 0.2) is 0 Å². The maximum Gasteiger partial charge on any atom is 0.320 e. The number of rotatable bonds is 8. The van der Waals surface area contributed by atoms with Crippen LogP contribution in [0.25, 0.3) is 0 Å². The van der Waals surface area contributed by atoms with E-state index in [2.05, 4.69) is 37.9 Å². The highest BCUT2D eigenvalue weighted by molar-refractivity contribution is 5.73. The second-order valence-corrected chi connectivity index (χ2v) is 6.68. The number of likely N-dealkylation sites (tertiary alicyclic amines) is 1. The Hall–Kier alpha value is -0.610. The predicted octanol–water partition coefficient (Wildman–Crippen LogP) is 2.59. The summed E-state index contributed by atoms with van der Waals surface area (Å²) in [5.74, 6) is 0.259. The second kappa shape index (κ2) is 8.63. The lowest BCUT2D eigenvalue weighted by Crippen LogP contribution is -2.50. The van der Waals surface area contributed by atoms with Crippen LogP contribution >= 0.6 is 0 Å². The fourth-order valence-corrected chi connectivity index (χ4v) is 3.18. The van der Waals surface area contributed by atoms with Gasteiger partial charge in [-0.2, -0.15) is 0 Å². The molecule has 118 valence electrons. The van der Waals surface area contributed by atoms with Crippen LogP contribution in [0.3, 0.4) is 0 Å². The van der Waals surface area contributed by atoms with Gasteiger partial charge in [-0.1, -0.05) is 20.8 Å². The monoisotopic (exact) mass is 284 g/mol. The molecule has 2 N–H and O–H groups in total. The van der Waals surface area contributed by atoms with Crippen molar-refractivity contribution in [2.45, 2.75) is 65.5 Å². The molecule has 0 bridgehead atoms. The zero-order chi connectivity index (χ0) is 15.1. The SMILES string of the molecule is CCCN1CCCC(C(C)NC(CC(C)C)C(=O)O)C1. The minimum absolute atomic E-state index is 0.273. The molecule has 0 amide bonds. The number of nitrogens with zero attached hydrogens (tertiary/aromatic N) is 1. The van der Waals surface area contributed by atoms with E-state index >= 15 is 0 Å². The molecule has 0 aromatic rings. The maximum atomic E-state index is 11.3. The molecule has 1 saturated heterocycles. The Morgan fingerprint density at radius 1 is 1.40 bits per heavy atom. The Balaban J connectivity index is 2.50. The number of carbonyl (C=O) groups is 1. The van der Waals surface area contributed by atoms with E-state index in [0.29, 0.717) is 18.3 Å². The number of carboxylic acid groups (broad SMARTS) is 1. The summed E-state index contributed by atoms with van der Waals surface area (Å²) in [5.41, 5.74) is 0. The molecule has 0 aromatic carbocycles. The van der Waals surface area contributed by atoms with Crippen molar-refractivity contribution in [3.05, 3.63) is 0 Å². The normalized spacial score (nSPS) is 23.8. The minimum atomic E-state index is -0.716. The number of nitrogens with one attached hydrogen (secondary N) is 1.